The number of nitrogens with zero attached hydrogens (tertiary/aromatic N) is 6. The quantitative estimate of drug-likeness (QED) is 0.486. The highest BCUT2D eigenvalue weighted by Gasteiger charge is 2.28. The number of nitrogens with two attached hydrogens (primary N) is 1. The lowest BCUT2D eigenvalue weighted by atomic mass is 9.99. The Labute approximate surface area is 192 Å². The summed E-state index contributed by atoms with van der Waals surface area (Å²) in [7, 11) is 4.08. The van der Waals surface area contributed by atoms with Crippen LogP contribution in [-0.4, -0.2) is 57.7 Å². The van der Waals surface area contributed by atoms with Crippen LogP contribution in [0.4, 0.5) is 11.5 Å². The van der Waals surface area contributed by atoms with E-state index in [1.807, 2.05) is 35.8 Å². The fraction of sp³-hybridized carbons (Fsp3) is 0.280. The van der Waals surface area contributed by atoms with Gasteiger partial charge in [-0.3, -0.25) is 4.79 Å². The molecule has 0 saturated carbocycles. The minimum atomic E-state index is -0.0595. The molecule has 1 atom stereocenters. The average Bonchev–Trinajstić information content (AvgIpc) is 3.23. The molecule has 33 heavy (non-hydrogen) atoms. The van der Waals surface area contributed by atoms with Gasteiger partial charge in [-0.25, -0.2) is 14.6 Å². The lowest BCUT2D eigenvalue weighted by Gasteiger charge is -2.32. The SMILES string of the molecule is C=CC(=O)N1CCC[C@@H](n2nc(-c3ccc(N(C)C)c4ccccc34)c3c(N)ncnc32)C1. The van der Waals surface area contributed by atoms with Crippen LogP contribution in [0.15, 0.2) is 55.4 Å². The van der Waals surface area contributed by atoms with Crippen LogP contribution in [0, 0.1) is 0 Å². The number of carbonyl (C=O) groups excluding carboxylic acids is 1. The molecule has 0 aliphatic carbocycles. The third kappa shape index (κ3) is 3.47. The third-order valence-electron chi connectivity index (χ3n) is 6.38. The molecular weight excluding hydrogens is 414 g/mol. The maximum absolute atomic E-state index is 12.3. The van der Waals surface area contributed by atoms with Gasteiger partial charge in [0.25, 0.3) is 0 Å². The van der Waals surface area contributed by atoms with E-state index >= 15 is 0 Å². The topological polar surface area (TPSA) is 93.2 Å². The predicted octanol–water partition coefficient (Wildman–Crippen LogP) is 3.64. The molecule has 1 amide bonds. The van der Waals surface area contributed by atoms with Crippen molar-refractivity contribution in [3.8, 4) is 11.3 Å². The monoisotopic (exact) mass is 441 g/mol. The van der Waals surface area contributed by atoms with Gasteiger partial charge in [0, 0.05) is 43.8 Å². The summed E-state index contributed by atoms with van der Waals surface area (Å²) in [4.78, 5) is 25.0. The van der Waals surface area contributed by atoms with E-state index in [9.17, 15) is 4.79 Å². The first-order chi connectivity index (χ1) is 16.0. The molecule has 0 unspecified atom stereocenters. The van der Waals surface area contributed by atoms with Gasteiger partial charge in [-0.1, -0.05) is 36.9 Å². The second-order valence-corrected chi connectivity index (χ2v) is 8.61. The maximum atomic E-state index is 12.3. The molecule has 3 heterocycles. The number of likely N-dealkylation sites (tertiary alicyclic amines) is 1. The molecule has 1 fully saturated rings. The van der Waals surface area contributed by atoms with Gasteiger partial charge in [0.15, 0.2) is 5.65 Å². The van der Waals surface area contributed by atoms with Crippen LogP contribution in [0.3, 0.4) is 0 Å². The minimum absolute atomic E-state index is 0.000475. The Morgan fingerprint density at radius 3 is 2.73 bits per heavy atom. The molecule has 4 aromatic rings. The van der Waals surface area contributed by atoms with Crippen LogP contribution in [0.1, 0.15) is 18.9 Å². The molecular formula is C25H27N7O. The van der Waals surface area contributed by atoms with E-state index in [0.29, 0.717) is 18.0 Å². The Balaban J connectivity index is 1.71. The Hall–Kier alpha value is -3.94. The number of fused-ring (bicyclic) bond motifs is 2. The number of hydrogen-bond acceptors (Lipinski definition) is 6. The summed E-state index contributed by atoms with van der Waals surface area (Å²) in [6, 6.07) is 12.5. The van der Waals surface area contributed by atoms with Crippen molar-refractivity contribution in [1.29, 1.82) is 0 Å². The summed E-state index contributed by atoms with van der Waals surface area (Å²) in [5.41, 5.74) is 9.93. The summed E-state index contributed by atoms with van der Waals surface area (Å²) in [5.74, 6) is 0.340. The van der Waals surface area contributed by atoms with E-state index in [2.05, 4.69) is 45.7 Å². The van der Waals surface area contributed by atoms with Crippen molar-refractivity contribution in [2.45, 2.75) is 18.9 Å². The second-order valence-electron chi connectivity index (χ2n) is 8.61. The molecule has 5 rings (SSSR count). The van der Waals surface area contributed by atoms with E-state index in [1.165, 1.54) is 12.4 Å². The van der Waals surface area contributed by atoms with Crippen LogP contribution in [0.5, 0.6) is 0 Å². The lowest BCUT2D eigenvalue weighted by Crippen LogP contribution is -2.40. The molecule has 8 nitrogen and oxygen atoms in total. The molecule has 1 saturated heterocycles. The van der Waals surface area contributed by atoms with Crippen LogP contribution in [-0.2, 0) is 4.79 Å². The molecule has 0 radical (unpaired) electrons. The Bertz CT molecular complexity index is 1370. The standard InChI is InChI=1S/C25H27N7O/c1-4-21(33)31-13-7-8-16(14-31)32-25-22(24(26)27-15-28-25)23(29-32)19-11-12-20(30(2)3)18-10-6-5-9-17(18)19/h4-6,9-12,15-16H,1,7-8,13-14H2,2-3H3,(H2,26,27,28)/t16-/m1/s1. The van der Waals surface area contributed by atoms with Gasteiger partial charge in [-0.05, 0) is 30.4 Å². The third-order valence-corrected chi connectivity index (χ3v) is 6.38. The maximum Gasteiger partial charge on any atom is 0.246 e. The van der Waals surface area contributed by atoms with Gasteiger partial charge in [0.1, 0.15) is 17.8 Å². The molecule has 8 heteroatoms. The summed E-state index contributed by atoms with van der Waals surface area (Å²) < 4.78 is 1.93. The molecule has 0 bridgehead atoms. The highest BCUT2D eigenvalue weighted by atomic mass is 16.2. The van der Waals surface area contributed by atoms with Gasteiger partial charge in [0.05, 0.1) is 11.4 Å². The van der Waals surface area contributed by atoms with Gasteiger partial charge < -0.3 is 15.5 Å². The van der Waals surface area contributed by atoms with Crippen LogP contribution >= 0.6 is 0 Å². The Kier molecular flexibility index (Phi) is 5.20. The Morgan fingerprint density at radius 2 is 1.97 bits per heavy atom. The number of benzene rings is 2. The van der Waals surface area contributed by atoms with E-state index in [0.717, 1.165) is 52.5 Å². The zero-order valence-electron chi connectivity index (χ0n) is 18.9. The number of rotatable bonds is 4. The van der Waals surface area contributed by atoms with Gasteiger partial charge in [-0.15, -0.1) is 0 Å². The second kappa shape index (κ2) is 8.20. The zero-order valence-corrected chi connectivity index (χ0v) is 18.9. The molecule has 2 aromatic carbocycles. The molecule has 2 N–H and O–H groups in total. The first-order valence-electron chi connectivity index (χ1n) is 11.1. The predicted molar refractivity (Wildman–Crippen MR) is 132 cm³/mol. The average molecular weight is 442 g/mol. The summed E-state index contributed by atoms with van der Waals surface area (Å²) >= 11 is 0. The van der Waals surface area contributed by atoms with Crippen LogP contribution in [0.25, 0.3) is 33.1 Å². The van der Waals surface area contributed by atoms with E-state index in [4.69, 9.17) is 10.8 Å². The van der Waals surface area contributed by atoms with E-state index in [1.54, 1.807) is 0 Å². The highest BCUT2D eigenvalue weighted by molar-refractivity contribution is 6.09. The van der Waals surface area contributed by atoms with Crippen molar-refractivity contribution < 1.29 is 4.79 Å². The fourth-order valence-corrected chi connectivity index (χ4v) is 4.80. The summed E-state index contributed by atoms with van der Waals surface area (Å²) in [5, 5.41) is 8.01. The van der Waals surface area contributed by atoms with Crippen molar-refractivity contribution in [3.63, 3.8) is 0 Å². The smallest absolute Gasteiger partial charge is 0.246 e. The molecule has 1 aliphatic heterocycles. The summed E-state index contributed by atoms with van der Waals surface area (Å²) in [6.45, 7) is 4.92. The molecule has 1 aliphatic rings. The largest absolute Gasteiger partial charge is 0.383 e. The van der Waals surface area contributed by atoms with Gasteiger partial charge in [-0.2, -0.15) is 5.10 Å². The summed E-state index contributed by atoms with van der Waals surface area (Å²) in [6.07, 6.45) is 4.64. The minimum Gasteiger partial charge on any atom is -0.383 e. The first-order valence-corrected chi connectivity index (χ1v) is 11.1. The van der Waals surface area contributed by atoms with Crippen molar-refractivity contribution >= 4 is 39.2 Å². The van der Waals surface area contributed by atoms with Crippen molar-refractivity contribution in [1.82, 2.24) is 24.6 Å². The number of aromatic nitrogens is 4. The van der Waals surface area contributed by atoms with Crippen LogP contribution < -0.4 is 10.6 Å². The highest BCUT2D eigenvalue weighted by Crippen LogP contribution is 2.39. The van der Waals surface area contributed by atoms with E-state index < -0.39 is 0 Å². The first kappa shape index (κ1) is 20.9. The number of hydrogen-bond donors (Lipinski definition) is 1. The van der Waals surface area contributed by atoms with Gasteiger partial charge in [0.2, 0.25) is 5.91 Å². The number of nitrogen functional groups attached to an aromatic ring is 1. The molecule has 0 spiro atoms. The number of piperidine rings is 1. The van der Waals surface area contributed by atoms with E-state index in [-0.39, 0.29) is 11.9 Å². The van der Waals surface area contributed by atoms with Gasteiger partial charge >= 0.3 is 0 Å². The molecule has 168 valence electrons. The van der Waals surface area contributed by atoms with Crippen molar-refractivity contribution in [2.75, 3.05) is 37.8 Å². The Morgan fingerprint density at radius 1 is 1.18 bits per heavy atom. The zero-order chi connectivity index (χ0) is 23.1. The normalized spacial score (nSPS) is 16.3. The fourth-order valence-electron chi connectivity index (χ4n) is 4.80. The number of amides is 1. The van der Waals surface area contributed by atoms with Crippen molar-refractivity contribution in [2.24, 2.45) is 0 Å². The lowest BCUT2D eigenvalue weighted by molar-refractivity contribution is -0.127. The van der Waals surface area contributed by atoms with Crippen LogP contribution in [0.2, 0.25) is 0 Å². The molecule has 2 aromatic heterocycles. The van der Waals surface area contributed by atoms with Crippen molar-refractivity contribution in [3.05, 3.63) is 55.4 Å². The number of anilines is 2. The number of carbonyl (C=O) groups is 1.